The van der Waals surface area contributed by atoms with Crippen LogP contribution in [0.5, 0.6) is 0 Å². The number of H-pyrrole nitrogens is 1. The molecule has 0 saturated carbocycles. The van der Waals surface area contributed by atoms with Crippen molar-refractivity contribution in [3.8, 4) is 0 Å². The van der Waals surface area contributed by atoms with E-state index in [0.717, 1.165) is 31.4 Å². The average Bonchev–Trinajstić information content (AvgIpc) is 3.06. The molecule has 0 bridgehead atoms. The van der Waals surface area contributed by atoms with Crippen LogP contribution in [0.3, 0.4) is 0 Å². The van der Waals surface area contributed by atoms with E-state index in [0.29, 0.717) is 13.0 Å². The maximum atomic E-state index is 11.9. The summed E-state index contributed by atoms with van der Waals surface area (Å²) < 4.78 is 0. The van der Waals surface area contributed by atoms with Gasteiger partial charge in [-0.05, 0) is 56.7 Å². The van der Waals surface area contributed by atoms with E-state index in [9.17, 15) is 4.79 Å². The van der Waals surface area contributed by atoms with Gasteiger partial charge in [0.25, 0.3) is 0 Å². The van der Waals surface area contributed by atoms with Crippen molar-refractivity contribution in [2.24, 2.45) is 0 Å². The first-order valence-electron chi connectivity index (χ1n) is 9.53. The molecule has 25 heavy (non-hydrogen) atoms. The van der Waals surface area contributed by atoms with Gasteiger partial charge in [0.15, 0.2) is 0 Å². The first kappa shape index (κ1) is 17.7. The van der Waals surface area contributed by atoms with Gasteiger partial charge < -0.3 is 15.6 Å². The van der Waals surface area contributed by atoms with E-state index in [1.54, 1.807) is 5.57 Å². The summed E-state index contributed by atoms with van der Waals surface area (Å²) in [4.78, 5) is 15.2. The fraction of sp³-hybridized carbons (Fsp3) is 0.476. The highest BCUT2D eigenvalue weighted by Gasteiger charge is 2.05. The first-order valence-corrected chi connectivity index (χ1v) is 9.53. The molecule has 3 rings (SSSR count). The number of para-hydroxylation sites is 1. The van der Waals surface area contributed by atoms with Crippen LogP contribution in [-0.2, 0) is 11.2 Å². The van der Waals surface area contributed by atoms with Crippen LogP contribution in [0.4, 0.5) is 0 Å². The molecule has 1 heterocycles. The lowest BCUT2D eigenvalue weighted by atomic mass is 9.97. The summed E-state index contributed by atoms with van der Waals surface area (Å²) in [6, 6.07) is 8.27. The molecule has 0 fully saturated rings. The van der Waals surface area contributed by atoms with Gasteiger partial charge in [-0.2, -0.15) is 0 Å². The van der Waals surface area contributed by atoms with Crippen LogP contribution in [-0.4, -0.2) is 30.5 Å². The normalized spacial score (nSPS) is 14.5. The first-order chi connectivity index (χ1) is 12.3. The minimum absolute atomic E-state index is 0.129. The Hall–Kier alpha value is -2.07. The molecule has 1 amide bonds. The second-order valence-corrected chi connectivity index (χ2v) is 6.82. The van der Waals surface area contributed by atoms with E-state index in [1.807, 2.05) is 18.3 Å². The van der Waals surface area contributed by atoms with Crippen molar-refractivity contribution in [1.29, 1.82) is 0 Å². The number of benzene rings is 1. The number of fused-ring (bicyclic) bond motifs is 1. The van der Waals surface area contributed by atoms with Crippen LogP contribution in [0.2, 0.25) is 0 Å². The zero-order valence-electron chi connectivity index (χ0n) is 14.9. The Bertz CT molecular complexity index is 717. The fourth-order valence-corrected chi connectivity index (χ4v) is 3.47. The van der Waals surface area contributed by atoms with Crippen LogP contribution >= 0.6 is 0 Å². The Morgan fingerprint density at radius 1 is 1.08 bits per heavy atom. The number of hydrogen-bond donors (Lipinski definition) is 3. The molecule has 4 heteroatoms. The van der Waals surface area contributed by atoms with E-state index in [-0.39, 0.29) is 5.91 Å². The van der Waals surface area contributed by atoms with Gasteiger partial charge in [-0.15, -0.1) is 0 Å². The second kappa shape index (κ2) is 9.42. The highest BCUT2D eigenvalue weighted by molar-refractivity contribution is 5.83. The van der Waals surface area contributed by atoms with Crippen molar-refractivity contribution in [1.82, 2.24) is 15.6 Å². The van der Waals surface area contributed by atoms with Crippen molar-refractivity contribution in [3.63, 3.8) is 0 Å². The van der Waals surface area contributed by atoms with Crippen LogP contribution in [0.15, 0.2) is 42.1 Å². The Labute approximate surface area is 150 Å². The van der Waals surface area contributed by atoms with Gasteiger partial charge in [0.2, 0.25) is 5.91 Å². The predicted octanol–water partition coefficient (Wildman–Crippen LogP) is 3.70. The summed E-state index contributed by atoms with van der Waals surface area (Å²) in [5.41, 5.74) is 4.00. The molecular formula is C21H29N3O. The smallest absolute Gasteiger partial charge is 0.221 e. The standard InChI is InChI=1S/C21H29N3O/c25-21(12-14-22-13-10-17-6-2-1-3-7-17)23-15-11-18-16-24-20-9-5-4-8-19(18)20/h4-6,8-9,16,22,24H,1-3,7,10-15H2,(H,23,25). The molecule has 3 N–H and O–H groups in total. The van der Waals surface area contributed by atoms with E-state index < -0.39 is 0 Å². The lowest BCUT2D eigenvalue weighted by Gasteiger charge is -2.12. The third-order valence-electron chi connectivity index (χ3n) is 4.93. The number of amides is 1. The number of hydrogen-bond acceptors (Lipinski definition) is 2. The van der Waals surface area contributed by atoms with Crippen molar-refractivity contribution in [2.75, 3.05) is 19.6 Å². The molecule has 0 saturated heterocycles. The molecule has 0 aliphatic heterocycles. The molecule has 0 radical (unpaired) electrons. The Morgan fingerprint density at radius 2 is 2.00 bits per heavy atom. The minimum atomic E-state index is 0.129. The number of aromatic amines is 1. The number of allylic oxidation sites excluding steroid dienone is 1. The largest absolute Gasteiger partial charge is 0.361 e. The third kappa shape index (κ3) is 5.46. The maximum Gasteiger partial charge on any atom is 0.221 e. The Balaban J connectivity index is 1.27. The quantitative estimate of drug-likeness (QED) is 0.482. The fourth-order valence-electron chi connectivity index (χ4n) is 3.47. The van der Waals surface area contributed by atoms with Gasteiger partial charge in [0.05, 0.1) is 0 Å². The predicted molar refractivity (Wildman–Crippen MR) is 104 cm³/mol. The molecule has 134 valence electrons. The Kier molecular flexibility index (Phi) is 6.69. The lowest BCUT2D eigenvalue weighted by molar-refractivity contribution is -0.120. The summed E-state index contributed by atoms with van der Waals surface area (Å²) in [5, 5.41) is 7.65. The summed E-state index contributed by atoms with van der Waals surface area (Å²) in [6.45, 7) is 2.42. The van der Waals surface area contributed by atoms with Crippen molar-refractivity contribution in [3.05, 3.63) is 47.7 Å². The zero-order valence-corrected chi connectivity index (χ0v) is 14.9. The summed E-state index contributed by atoms with van der Waals surface area (Å²) in [5.74, 6) is 0.129. The zero-order chi connectivity index (χ0) is 17.3. The molecule has 4 nitrogen and oxygen atoms in total. The van der Waals surface area contributed by atoms with Gasteiger partial charge >= 0.3 is 0 Å². The topological polar surface area (TPSA) is 56.9 Å². The highest BCUT2D eigenvalue weighted by atomic mass is 16.1. The number of carbonyl (C=O) groups is 1. The van der Waals surface area contributed by atoms with E-state index >= 15 is 0 Å². The summed E-state index contributed by atoms with van der Waals surface area (Å²) >= 11 is 0. The van der Waals surface area contributed by atoms with Gasteiger partial charge in [-0.1, -0.05) is 29.8 Å². The molecule has 1 aliphatic carbocycles. The third-order valence-corrected chi connectivity index (χ3v) is 4.93. The van der Waals surface area contributed by atoms with Crippen molar-refractivity contribution < 1.29 is 4.79 Å². The second-order valence-electron chi connectivity index (χ2n) is 6.82. The number of carbonyl (C=O) groups excluding carboxylic acids is 1. The lowest BCUT2D eigenvalue weighted by Crippen LogP contribution is -2.29. The van der Waals surface area contributed by atoms with Crippen molar-refractivity contribution >= 4 is 16.8 Å². The minimum Gasteiger partial charge on any atom is -0.361 e. The molecule has 1 aromatic heterocycles. The van der Waals surface area contributed by atoms with Gasteiger partial charge in [0, 0.05) is 36.6 Å². The van der Waals surface area contributed by atoms with E-state index in [2.05, 4.69) is 33.8 Å². The van der Waals surface area contributed by atoms with Crippen LogP contribution < -0.4 is 10.6 Å². The van der Waals surface area contributed by atoms with E-state index in [4.69, 9.17) is 0 Å². The maximum absolute atomic E-state index is 11.9. The van der Waals surface area contributed by atoms with Gasteiger partial charge in [0.1, 0.15) is 0 Å². The Morgan fingerprint density at radius 3 is 2.88 bits per heavy atom. The molecular weight excluding hydrogens is 310 g/mol. The average molecular weight is 339 g/mol. The SMILES string of the molecule is O=C(CCNCCC1=CCCCC1)NCCc1c[nH]c2ccccc12. The summed E-state index contributed by atoms with van der Waals surface area (Å²) in [7, 11) is 0. The van der Waals surface area contributed by atoms with E-state index in [1.165, 1.54) is 36.6 Å². The number of nitrogens with one attached hydrogen (secondary N) is 3. The molecule has 0 unspecified atom stereocenters. The molecule has 0 atom stereocenters. The molecule has 2 aromatic rings. The molecule has 0 spiro atoms. The molecule has 1 aliphatic rings. The van der Waals surface area contributed by atoms with Crippen LogP contribution in [0, 0.1) is 0 Å². The van der Waals surface area contributed by atoms with Gasteiger partial charge in [-0.3, -0.25) is 4.79 Å². The monoisotopic (exact) mass is 339 g/mol. The van der Waals surface area contributed by atoms with Crippen LogP contribution in [0.1, 0.15) is 44.1 Å². The van der Waals surface area contributed by atoms with Crippen molar-refractivity contribution in [2.45, 2.75) is 44.9 Å². The summed E-state index contributed by atoms with van der Waals surface area (Å²) in [6.07, 6.45) is 12.2. The number of aromatic nitrogens is 1. The number of rotatable bonds is 9. The van der Waals surface area contributed by atoms with Gasteiger partial charge in [-0.25, -0.2) is 0 Å². The molecule has 1 aromatic carbocycles. The van der Waals surface area contributed by atoms with Crippen LogP contribution in [0.25, 0.3) is 10.9 Å². The highest BCUT2D eigenvalue weighted by Crippen LogP contribution is 2.19.